The lowest BCUT2D eigenvalue weighted by molar-refractivity contribution is 0.0934. The second-order valence-electron chi connectivity index (χ2n) is 6.54. The van der Waals surface area contributed by atoms with E-state index >= 15 is 0 Å². The molecule has 0 radical (unpaired) electrons. The number of ether oxygens (including phenoxy) is 1. The number of carbonyl (C=O) groups is 1. The first kappa shape index (κ1) is 20.7. The van der Waals surface area contributed by atoms with E-state index in [1.54, 1.807) is 24.0 Å². The lowest BCUT2D eigenvalue weighted by Gasteiger charge is -2.33. The average Bonchev–Trinajstić information content (AvgIpc) is 2.66. The highest BCUT2D eigenvalue weighted by Gasteiger charge is 2.30. The first-order valence-electron chi connectivity index (χ1n) is 9.49. The van der Waals surface area contributed by atoms with Crippen molar-refractivity contribution < 1.29 is 17.9 Å². The lowest BCUT2D eigenvalue weighted by atomic mass is 10.1. The Kier molecular flexibility index (Phi) is 7.90. The minimum atomic E-state index is -3.51. The summed E-state index contributed by atoms with van der Waals surface area (Å²) in [6, 6.07) is 7.21. The summed E-state index contributed by atoms with van der Waals surface area (Å²) in [5, 5.41) is 0. The normalized spacial score (nSPS) is 15.8. The number of hydrogen-bond acceptors (Lipinski definition) is 4. The van der Waals surface area contributed by atoms with Gasteiger partial charge in [0, 0.05) is 26.2 Å². The van der Waals surface area contributed by atoms with Gasteiger partial charge >= 0.3 is 6.09 Å². The van der Waals surface area contributed by atoms with Crippen molar-refractivity contribution in [2.24, 2.45) is 0 Å². The SMILES string of the molecule is CCCCCCc1ccc(S(=O)(=O)N2CCN(C(=O)OCC)CC2)cc1. The van der Waals surface area contributed by atoms with Gasteiger partial charge in [-0.2, -0.15) is 4.31 Å². The molecule has 0 aliphatic carbocycles. The van der Waals surface area contributed by atoms with Gasteiger partial charge in [-0.1, -0.05) is 38.3 Å². The molecule has 6 nitrogen and oxygen atoms in total. The first-order chi connectivity index (χ1) is 12.5. The summed E-state index contributed by atoms with van der Waals surface area (Å²) < 4.78 is 32.0. The van der Waals surface area contributed by atoms with Gasteiger partial charge in [0.1, 0.15) is 0 Å². The quantitative estimate of drug-likeness (QED) is 0.647. The number of benzene rings is 1. The van der Waals surface area contributed by atoms with Gasteiger partial charge in [0.15, 0.2) is 0 Å². The maximum atomic E-state index is 12.8. The second-order valence-corrected chi connectivity index (χ2v) is 8.48. The van der Waals surface area contributed by atoms with E-state index in [2.05, 4.69) is 6.92 Å². The summed E-state index contributed by atoms with van der Waals surface area (Å²) in [6.45, 7) is 5.56. The van der Waals surface area contributed by atoms with Gasteiger partial charge in [0.2, 0.25) is 10.0 Å². The number of carbonyl (C=O) groups excluding carboxylic acids is 1. The van der Waals surface area contributed by atoms with Gasteiger partial charge in [0.05, 0.1) is 11.5 Å². The molecular weight excluding hydrogens is 352 g/mol. The van der Waals surface area contributed by atoms with Crippen LogP contribution in [-0.2, 0) is 21.2 Å². The third-order valence-electron chi connectivity index (χ3n) is 4.64. The Morgan fingerprint density at radius 3 is 2.23 bits per heavy atom. The summed E-state index contributed by atoms with van der Waals surface area (Å²) in [6.07, 6.45) is 5.40. The monoisotopic (exact) mass is 382 g/mol. The van der Waals surface area contributed by atoms with Gasteiger partial charge in [-0.3, -0.25) is 0 Å². The fourth-order valence-electron chi connectivity index (χ4n) is 3.06. The van der Waals surface area contributed by atoms with Crippen LogP contribution in [0, 0.1) is 0 Å². The molecule has 0 unspecified atom stereocenters. The van der Waals surface area contributed by atoms with Crippen LogP contribution in [0.5, 0.6) is 0 Å². The third-order valence-corrected chi connectivity index (χ3v) is 6.56. The van der Waals surface area contributed by atoms with Crippen molar-refractivity contribution >= 4 is 16.1 Å². The highest BCUT2D eigenvalue weighted by Crippen LogP contribution is 2.19. The largest absolute Gasteiger partial charge is 0.450 e. The Bertz CT molecular complexity index is 665. The maximum Gasteiger partial charge on any atom is 0.409 e. The predicted octanol–water partition coefficient (Wildman–Crippen LogP) is 3.27. The molecule has 0 atom stereocenters. The molecule has 1 amide bonds. The Morgan fingerprint density at radius 1 is 1.00 bits per heavy atom. The minimum absolute atomic E-state index is 0.292. The van der Waals surface area contributed by atoms with Crippen LogP contribution in [0.1, 0.15) is 45.1 Å². The van der Waals surface area contributed by atoms with E-state index < -0.39 is 10.0 Å². The molecule has 1 aliphatic rings. The first-order valence-corrected chi connectivity index (χ1v) is 10.9. The molecule has 146 valence electrons. The molecule has 0 N–H and O–H groups in total. The summed E-state index contributed by atoms with van der Waals surface area (Å²) in [5.41, 5.74) is 1.17. The standard InChI is InChI=1S/C19H30N2O4S/c1-3-5-6-7-8-17-9-11-18(12-10-17)26(23,24)21-15-13-20(14-16-21)19(22)25-4-2/h9-12H,3-8,13-16H2,1-2H3. The molecule has 1 fully saturated rings. The van der Waals surface area contributed by atoms with E-state index in [0.717, 1.165) is 12.8 Å². The van der Waals surface area contributed by atoms with E-state index in [9.17, 15) is 13.2 Å². The molecule has 1 aromatic carbocycles. The Morgan fingerprint density at radius 2 is 1.65 bits per heavy atom. The van der Waals surface area contributed by atoms with E-state index in [1.807, 2.05) is 12.1 Å². The average molecular weight is 383 g/mol. The van der Waals surface area contributed by atoms with E-state index in [-0.39, 0.29) is 6.09 Å². The van der Waals surface area contributed by atoms with Crippen LogP contribution in [0.3, 0.4) is 0 Å². The van der Waals surface area contributed by atoms with Crippen molar-refractivity contribution in [2.45, 2.75) is 50.8 Å². The molecule has 1 saturated heterocycles. The smallest absolute Gasteiger partial charge is 0.409 e. The second kappa shape index (κ2) is 9.92. The van der Waals surface area contributed by atoms with Crippen molar-refractivity contribution in [2.75, 3.05) is 32.8 Å². The van der Waals surface area contributed by atoms with Gasteiger partial charge < -0.3 is 9.64 Å². The Balaban J connectivity index is 1.92. The number of sulfonamides is 1. The number of piperazine rings is 1. The summed E-state index contributed by atoms with van der Waals surface area (Å²) in [7, 11) is -3.51. The molecule has 1 heterocycles. The number of nitrogens with zero attached hydrogens (tertiary/aromatic N) is 2. The zero-order valence-electron chi connectivity index (χ0n) is 15.8. The highest BCUT2D eigenvalue weighted by molar-refractivity contribution is 7.89. The molecular formula is C19H30N2O4S. The molecule has 1 aliphatic heterocycles. The fraction of sp³-hybridized carbons (Fsp3) is 0.632. The van der Waals surface area contributed by atoms with Gasteiger partial charge in [-0.15, -0.1) is 0 Å². The van der Waals surface area contributed by atoms with Crippen molar-refractivity contribution in [1.82, 2.24) is 9.21 Å². The Hall–Kier alpha value is -1.60. The van der Waals surface area contributed by atoms with Crippen LogP contribution in [0.4, 0.5) is 4.79 Å². The summed E-state index contributed by atoms with van der Waals surface area (Å²) in [4.78, 5) is 13.6. The molecule has 0 spiro atoms. The van der Waals surface area contributed by atoms with Crippen LogP contribution < -0.4 is 0 Å². The molecule has 26 heavy (non-hydrogen) atoms. The molecule has 0 aromatic heterocycles. The number of rotatable bonds is 8. The molecule has 0 saturated carbocycles. The highest BCUT2D eigenvalue weighted by atomic mass is 32.2. The van der Waals surface area contributed by atoms with Crippen LogP contribution in [-0.4, -0.2) is 56.5 Å². The van der Waals surface area contributed by atoms with E-state index in [0.29, 0.717) is 37.7 Å². The van der Waals surface area contributed by atoms with E-state index in [4.69, 9.17) is 4.74 Å². The minimum Gasteiger partial charge on any atom is -0.450 e. The van der Waals surface area contributed by atoms with Gasteiger partial charge in [-0.05, 0) is 37.5 Å². The predicted molar refractivity (Wildman–Crippen MR) is 102 cm³/mol. The lowest BCUT2D eigenvalue weighted by Crippen LogP contribution is -2.50. The molecule has 1 aromatic rings. The van der Waals surface area contributed by atoms with Gasteiger partial charge in [-0.25, -0.2) is 13.2 Å². The van der Waals surface area contributed by atoms with Crippen LogP contribution in [0.2, 0.25) is 0 Å². The number of hydrogen-bond donors (Lipinski definition) is 0. The zero-order chi connectivity index (χ0) is 19.0. The molecule has 2 rings (SSSR count). The summed E-state index contributed by atoms with van der Waals surface area (Å²) >= 11 is 0. The third kappa shape index (κ3) is 5.45. The zero-order valence-corrected chi connectivity index (χ0v) is 16.6. The number of unbranched alkanes of at least 4 members (excludes halogenated alkanes) is 3. The van der Waals surface area contributed by atoms with Gasteiger partial charge in [0.25, 0.3) is 0 Å². The maximum absolute atomic E-state index is 12.8. The van der Waals surface area contributed by atoms with Crippen LogP contribution >= 0.6 is 0 Å². The Labute approximate surface area is 157 Å². The van der Waals surface area contributed by atoms with Crippen LogP contribution in [0.15, 0.2) is 29.2 Å². The number of aryl methyl sites for hydroxylation is 1. The van der Waals surface area contributed by atoms with Crippen molar-refractivity contribution in [1.29, 1.82) is 0 Å². The summed E-state index contributed by atoms with van der Waals surface area (Å²) in [5.74, 6) is 0. The van der Waals surface area contributed by atoms with Crippen molar-refractivity contribution in [3.8, 4) is 0 Å². The van der Waals surface area contributed by atoms with Crippen LogP contribution in [0.25, 0.3) is 0 Å². The fourth-order valence-corrected chi connectivity index (χ4v) is 4.48. The molecule has 7 heteroatoms. The van der Waals surface area contributed by atoms with Crippen molar-refractivity contribution in [3.05, 3.63) is 29.8 Å². The number of amides is 1. The van der Waals surface area contributed by atoms with E-state index in [1.165, 1.54) is 29.1 Å². The van der Waals surface area contributed by atoms with Crippen molar-refractivity contribution in [3.63, 3.8) is 0 Å². The molecule has 0 bridgehead atoms. The topological polar surface area (TPSA) is 66.9 Å².